The molecule has 0 fully saturated rings. The normalized spacial score (nSPS) is 13.1. The maximum atomic E-state index is 12.1. The van der Waals surface area contributed by atoms with Gasteiger partial charge in [-0.1, -0.05) is 6.92 Å². The first kappa shape index (κ1) is 36.3. The molecule has 0 bridgehead atoms. The maximum Gasteiger partial charge on any atom is 0.332 e. The third kappa shape index (κ3) is 20.3. The quantitative estimate of drug-likeness (QED) is 0.0872. The number of nitrogens with zero attached hydrogens (tertiary/aromatic N) is 2. The number of hydrogen-bond donors (Lipinski definition) is 2. The second kappa shape index (κ2) is 23.2. The Morgan fingerprint density at radius 1 is 0.675 bits per heavy atom. The van der Waals surface area contributed by atoms with Gasteiger partial charge in [-0.25, -0.2) is 19.2 Å². The summed E-state index contributed by atoms with van der Waals surface area (Å²) in [5.41, 5.74) is 0. The zero-order valence-electron chi connectivity index (χ0n) is 23.6. The summed E-state index contributed by atoms with van der Waals surface area (Å²) in [4.78, 5) is 50.3. The summed E-state index contributed by atoms with van der Waals surface area (Å²) in [5, 5.41) is 18.3. The van der Waals surface area contributed by atoms with Crippen LogP contribution >= 0.6 is 0 Å². The SMILES string of the molecule is CCC(C)OC(=O)/C=C/N(/C=C/C(=O)OCCC(C)OC(=O)/C=C/N(/C=C/C(=O)OCCOC)CCO)CCO. The van der Waals surface area contributed by atoms with E-state index in [2.05, 4.69) is 0 Å². The number of methoxy groups -OCH3 is 1. The zero-order valence-corrected chi connectivity index (χ0v) is 23.6. The van der Waals surface area contributed by atoms with Crippen LogP contribution in [0, 0.1) is 0 Å². The molecule has 13 nitrogen and oxygen atoms in total. The minimum atomic E-state index is -0.670. The lowest BCUT2D eigenvalue weighted by atomic mass is 10.3. The molecular weight excluding hydrogens is 528 g/mol. The van der Waals surface area contributed by atoms with Crippen molar-refractivity contribution in [2.75, 3.05) is 53.2 Å². The summed E-state index contributed by atoms with van der Waals surface area (Å²) >= 11 is 0. The van der Waals surface area contributed by atoms with Crippen LogP contribution in [-0.4, -0.2) is 109 Å². The van der Waals surface area contributed by atoms with Crippen LogP contribution in [0.15, 0.2) is 49.1 Å². The largest absolute Gasteiger partial charge is 0.462 e. The molecule has 0 aliphatic carbocycles. The predicted molar refractivity (Wildman–Crippen MR) is 144 cm³/mol. The summed E-state index contributed by atoms with van der Waals surface area (Å²) in [6, 6.07) is 0. The fourth-order valence-corrected chi connectivity index (χ4v) is 2.52. The molecule has 2 unspecified atom stereocenters. The number of aliphatic hydroxyl groups is 2. The highest BCUT2D eigenvalue weighted by Crippen LogP contribution is 2.02. The Balaban J connectivity index is 4.59. The van der Waals surface area contributed by atoms with E-state index in [0.29, 0.717) is 6.42 Å². The summed E-state index contributed by atoms with van der Waals surface area (Å²) in [6.45, 7) is 5.45. The van der Waals surface area contributed by atoms with Crippen LogP contribution in [0.2, 0.25) is 0 Å². The van der Waals surface area contributed by atoms with E-state index in [0.717, 1.165) is 18.2 Å². The van der Waals surface area contributed by atoms with E-state index in [1.165, 1.54) is 47.8 Å². The minimum Gasteiger partial charge on any atom is -0.462 e. The highest BCUT2D eigenvalue weighted by Gasteiger charge is 2.09. The molecule has 0 aromatic heterocycles. The number of hydrogen-bond acceptors (Lipinski definition) is 13. The standard InChI is InChI=1S/C27H42N2O11/c1-5-22(2)39-26(34)8-13-28(15-17-30)11-6-24(32)37-19-10-23(3)40-27(35)9-14-29(16-18-31)12-7-25(33)38-21-20-36-4/h6-9,11-14,22-23,30-31H,5,10,15-21H2,1-4H3/b11-6+,12-7+,13-8+,14-9+. The van der Waals surface area contributed by atoms with E-state index in [9.17, 15) is 24.3 Å². The average Bonchev–Trinajstić information content (AvgIpc) is 2.91. The fraction of sp³-hybridized carbons (Fsp3) is 0.556. The molecule has 13 heteroatoms. The van der Waals surface area contributed by atoms with E-state index < -0.39 is 30.0 Å². The Hall–Kier alpha value is -3.68. The van der Waals surface area contributed by atoms with Crippen molar-refractivity contribution in [1.29, 1.82) is 0 Å². The molecule has 0 aromatic rings. The topological polar surface area (TPSA) is 161 Å². The van der Waals surface area contributed by atoms with Gasteiger partial charge in [0, 0.05) is 75.7 Å². The lowest BCUT2D eigenvalue weighted by Gasteiger charge is -2.15. The van der Waals surface area contributed by atoms with Gasteiger partial charge in [-0.3, -0.25) is 0 Å². The fourth-order valence-electron chi connectivity index (χ4n) is 2.52. The van der Waals surface area contributed by atoms with E-state index in [4.69, 9.17) is 28.8 Å². The van der Waals surface area contributed by atoms with Gasteiger partial charge < -0.3 is 43.7 Å². The summed E-state index contributed by atoms with van der Waals surface area (Å²) in [5.74, 6) is -2.48. The molecule has 0 spiro atoms. The molecule has 0 saturated heterocycles. The second-order valence-electron chi connectivity index (χ2n) is 8.21. The summed E-state index contributed by atoms with van der Waals surface area (Å²) in [6.07, 6.45) is 10.1. The highest BCUT2D eigenvalue weighted by atomic mass is 16.6. The number of esters is 4. The Kier molecular flexibility index (Phi) is 21.1. The van der Waals surface area contributed by atoms with Crippen molar-refractivity contribution in [2.24, 2.45) is 0 Å². The van der Waals surface area contributed by atoms with Crippen LogP contribution in [0.4, 0.5) is 0 Å². The third-order valence-electron chi connectivity index (χ3n) is 4.83. The number of carbonyl (C=O) groups excluding carboxylic acids is 4. The van der Waals surface area contributed by atoms with E-state index in [1.54, 1.807) is 13.8 Å². The second-order valence-corrected chi connectivity index (χ2v) is 8.21. The van der Waals surface area contributed by atoms with Gasteiger partial charge in [-0.05, 0) is 20.3 Å². The Labute approximate surface area is 235 Å². The van der Waals surface area contributed by atoms with Crippen molar-refractivity contribution >= 4 is 23.9 Å². The van der Waals surface area contributed by atoms with Crippen LogP contribution in [0.3, 0.4) is 0 Å². The molecule has 0 aromatic carbocycles. The average molecular weight is 571 g/mol. The van der Waals surface area contributed by atoms with Crippen molar-refractivity contribution in [1.82, 2.24) is 9.80 Å². The molecule has 0 aliphatic rings. The lowest BCUT2D eigenvalue weighted by Crippen LogP contribution is -2.19. The Morgan fingerprint density at radius 2 is 1.10 bits per heavy atom. The molecule has 0 amide bonds. The first-order valence-corrected chi connectivity index (χ1v) is 12.8. The monoisotopic (exact) mass is 570 g/mol. The Bertz CT molecular complexity index is 871. The van der Waals surface area contributed by atoms with Crippen molar-refractivity contribution in [3.8, 4) is 0 Å². The Morgan fingerprint density at radius 3 is 1.52 bits per heavy atom. The number of ether oxygens (including phenoxy) is 5. The molecule has 0 saturated carbocycles. The zero-order chi connectivity index (χ0) is 30.2. The molecular formula is C27H42N2O11. The third-order valence-corrected chi connectivity index (χ3v) is 4.83. The van der Waals surface area contributed by atoms with Gasteiger partial charge in [-0.15, -0.1) is 0 Å². The minimum absolute atomic E-state index is 0.0248. The highest BCUT2D eigenvalue weighted by molar-refractivity contribution is 5.83. The molecule has 40 heavy (non-hydrogen) atoms. The van der Waals surface area contributed by atoms with Crippen LogP contribution < -0.4 is 0 Å². The predicted octanol–water partition coefficient (Wildman–Crippen LogP) is 1.03. The van der Waals surface area contributed by atoms with Crippen LogP contribution in [0.25, 0.3) is 0 Å². The molecule has 0 aliphatic heterocycles. The smallest absolute Gasteiger partial charge is 0.332 e. The van der Waals surface area contributed by atoms with Gasteiger partial charge in [0.15, 0.2) is 0 Å². The lowest BCUT2D eigenvalue weighted by molar-refractivity contribution is -0.145. The molecule has 226 valence electrons. The van der Waals surface area contributed by atoms with Crippen LogP contribution in [-0.2, 0) is 42.9 Å². The molecule has 2 N–H and O–H groups in total. The van der Waals surface area contributed by atoms with Crippen molar-refractivity contribution in [3.05, 3.63) is 49.1 Å². The van der Waals surface area contributed by atoms with E-state index >= 15 is 0 Å². The summed E-state index contributed by atoms with van der Waals surface area (Å²) in [7, 11) is 1.48. The van der Waals surface area contributed by atoms with Gasteiger partial charge in [0.2, 0.25) is 0 Å². The van der Waals surface area contributed by atoms with Crippen molar-refractivity contribution in [2.45, 2.75) is 45.8 Å². The van der Waals surface area contributed by atoms with Gasteiger partial charge in [0.05, 0.1) is 32.5 Å². The van der Waals surface area contributed by atoms with Gasteiger partial charge in [0.25, 0.3) is 0 Å². The van der Waals surface area contributed by atoms with Crippen molar-refractivity contribution < 1.29 is 53.1 Å². The molecule has 0 radical (unpaired) electrons. The van der Waals surface area contributed by atoms with Crippen molar-refractivity contribution in [3.63, 3.8) is 0 Å². The number of carbonyl (C=O) groups is 4. The molecule has 0 heterocycles. The van der Waals surface area contributed by atoms with E-state index in [-0.39, 0.29) is 58.6 Å². The number of rotatable bonds is 21. The van der Waals surface area contributed by atoms with E-state index in [1.807, 2.05) is 6.92 Å². The van der Waals surface area contributed by atoms with Crippen LogP contribution in [0.5, 0.6) is 0 Å². The van der Waals surface area contributed by atoms with Gasteiger partial charge in [0.1, 0.15) is 12.7 Å². The number of aliphatic hydroxyl groups excluding tert-OH is 2. The molecule has 2 atom stereocenters. The maximum absolute atomic E-state index is 12.1. The van der Waals surface area contributed by atoms with Gasteiger partial charge >= 0.3 is 23.9 Å². The summed E-state index contributed by atoms with van der Waals surface area (Å²) < 4.78 is 25.1. The molecule has 0 rings (SSSR count). The van der Waals surface area contributed by atoms with Crippen LogP contribution in [0.1, 0.15) is 33.6 Å². The van der Waals surface area contributed by atoms with Gasteiger partial charge in [-0.2, -0.15) is 0 Å². The first-order chi connectivity index (χ1) is 19.1. The first-order valence-electron chi connectivity index (χ1n) is 12.8.